The van der Waals surface area contributed by atoms with Crippen LogP contribution in [-0.4, -0.2) is 56.5 Å². The molecule has 2 aromatic carbocycles. The monoisotopic (exact) mass is 496 g/mol. The van der Waals surface area contributed by atoms with Gasteiger partial charge in [-0.15, -0.1) is 0 Å². The third kappa shape index (κ3) is 6.55. The van der Waals surface area contributed by atoms with Crippen molar-refractivity contribution in [1.82, 2.24) is 15.5 Å². The van der Waals surface area contributed by atoms with Gasteiger partial charge in [0.2, 0.25) is 0 Å². The van der Waals surface area contributed by atoms with Crippen molar-refractivity contribution >= 4 is 29.1 Å². The minimum atomic E-state index is -0.678. The van der Waals surface area contributed by atoms with Gasteiger partial charge in [0.25, 0.3) is 0 Å². The molecule has 2 heterocycles. The van der Waals surface area contributed by atoms with Crippen molar-refractivity contribution in [3.8, 4) is 5.75 Å². The van der Waals surface area contributed by atoms with E-state index < -0.39 is 11.8 Å². The van der Waals surface area contributed by atoms with Crippen molar-refractivity contribution in [2.45, 2.75) is 12.6 Å². The number of halogens is 1. The maximum absolute atomic E-state index is 12.5. The number of carbonyl (C=O) groups is 2. The fourth-order valence-corrected chi connectivity index (χ4v) is 4.24. The molecule has 8 nitrogen and oxygen atoms in total. The molecule has 0 spiro atoms. The summed E-state index contributed by atoms with van der Waals surface area (Å²) < 4.78 is 10.9. The summed E-state index contributed by atoms with van der Waals surface area (Å²) in [7, 11) is 1.66. The molecule has 0 radical (unpaired) electrons. The van der Waals surface area contributed by atoms with Gasteiger partial charge in [0.15, 0.2) is 0 Å². The number of hydrogen-bond donors (Lipinski definition) is 2. The van der Waals surface area contributed by atoms with Gasteiger partial charge >= 0.3 is 11.8 Å². The number of nitrogens with zero attached hydrogens (tertiary/aromatic N) is 2. The average molecular weight is 497 g/mol. The van der Waals surface area contributed by atoms with Crippen LogP contribution in [0.5, 0.6) is 5.75 Å². The standard InChI is InChI=1S/C26H29ClN4O4/c1-34-22-10-8-21(9-11-22)30-12-14-31(15-13-30)23(24-3-2-16-35-24)18-29-26(33)25(32)28-17-19-4-6-20(27)7-5-19/h2-11,16,23H,12-15,17-18H2,1H3,(H,28,32)(H,29,33)/t23-/m1/s1. The van der Waals surface area contributed by atoms with Crippen molar-refractivity contribution in [2.75, 3.05) is 44.7 Å². The molecule has 1 aromatic heterocycles. The summed E-state index contributed by atoms with van der Waals surface area (Å²) in [4.78, 5) is 29.3. The Balaban J connectivity index is 1.31. The van der Waals surface area contributed by atoms with E-state index in [9.17, 15) is 9.59 Å². The Bertz CT molecular complexity index is 1100. The number of benzene rings is 2. The lowest BCUT2D eigenvalue weighted by atomic mass is 10.1. The second-order valence-corrected chi connectivity index (χ2v) is 8.71. The van der Waals surface area contributed by atoms with Gasteiger partial charge in [-0.2, -0.15) is 0 Å². The molecule has 1 aliphatic heterocycles. The fraction of sp³-hybridized carbons (Fsp3) is 0.308. The summed E-state index contributed by atoms with van der Waals surface area (Å²) in [5.74, 6) is 0.234. The Labute approximate surface area is 209 Å². The molecule has 1 aliphatic rings. The van der Waals surface area contributed by atoms with Crippen LogP contribution in [0, 0.1) is 0 Å². The van der Waals surface area contributed by atoms with Crippen LogP contribution in [0.3, 0.4) is 0 Å². The van der Waals surface area contributed by atoms with Crippen LogP contribution in [0.15, 0.2) is 71.3 Å². The summed E-state index contributed by atoms with van der Waals surface area (Å²) in [6.45, 7) is 3.76. The van der Waals surface area contributed by atoms with E-state index in [1.165, 1.54) is 0 Å². The average Bonchev–Trinajstić information content (AvgIpc) is 3.43. The molecule has 0 unspecified atom stereocenters. The van der Waals surface area contributed by atoms with Crippen molar-refractivity contribution in [1.29, 1.82) is 0 Å². The Hall–Kier alpha value is -3.49. The molecule has 0 saturated carbocycles. The van der Waals surface area contributed by atoms with Gasteiger partial charge < -0.3 is 24.7 Å². The highest BCUT2D eigenvalue weighted by Gasteiger charge is 2.28. The number of hydrogen-bond acceptors (Lipinski definition) is 6. The molecular formula is C26H29ClN4O4. The van der Waals surface area contributed by atoms with E-state index in [4.69, 9.17) is 20.8 Å². The van der Waals surface area contributed by atoms with E-state index in [1.807, 2.05) is 24.3 Å². The first kappa shape index (κ1) is 24.6. The quantitative estimate of drug-likeness (QED) is 0.466. The predicted molar refractivity (Wildman–Crippen MR) is 135 cm³/mol. The second-order valence-electron chi connectivity index (χ2n) is 8.27. The fourth-order valence-electron chi connectivity index (χ4n) is 4.11. The molecule has 2 amide bonds. The summed E-state index contributed by atoms with van der Waals surface area (Å²) >= 11 is 5.88. The van der Waals surface area contributed by atoms with Gasteiger partial charge in [-0.05, 0) is 54.1 Å². The molecule has 0 bridgehead atoms. The third-order valence-corrected chi connectivity index (χ3v) is 6.34. The zero-order valence-corrected chi connectivity index (χ0v) is 20.3. The van der Waals surface area contributed by atoms with Gasteiger partial charge in [-0.1, -0.05) is 23.7 Å². The minimum Gasteiger partial charge on any atom is -0.497 e. The lowest BCUT2D eigenvalue weighted by Crippen LogP contribution is -2.50. The van der Waals surface area contributed by atoms with Crippen molar-refractivity contribution in [2.24, 2.45) is 0 Å². The van der Waals surface area contributed by atoms with Crippen LogP contribution < -0.4 is 20.3 Å². The summed E-state index contributed by atoms with van der Waals surface area (Å²) in [5.41, 5.74) is 2.00. The smallest absolute Gasteiger partial charge is 0.309 e. The SMILES string of the molecule is COc1ccc(N2CCN([C@H](CNC(=O)C(=O)NCc3ccc(Cl)cc3)c3ccco3)CC2)cc1. The van der Waals surface area contributed by atoms with Crippen LogP contribution in [0.1, 0.15) is 17.4 Å². The molecular weight excluding hydrogens is 468 g/mol. The largest absolute Gasteiger partial charge is 0.497 e. The van der Waals surface area contributed by atoms with E-state index in [2.05, 4.69) is 32.6 Å². The van der Waals surface area contributed by atoms with Gasteiger partial charge in [-0.3, -0.25) is 14.5 Å². The highest BCUT2D eigenvalue weighted by molar-refractivity contribution is 6.35. The molecule has 1 fully saturated rings. The molecule has 184 valence electrons. The number of ether oxygens (including phenoxy) is 1. The number of methoxy groups -OCH3 is 1. The van der Waals surface area contributed by atoms with Crippen molar-refractivity contribution in [3.05, 3.63) is 83.3 Å². The summed E-state index contributed by atoms with van der Waals surface area (Å²) in [6, 6.07) is 18.7. The zero-order chi connectivity index (χ0) is 24.6. The molecule has 9 heteroatoms. The summed E-state index contributed by atoms with van der Waals surface area (Å²) in [6.07, 6.45) is 1.62. The maximum atomic E-state index is 12.5. The van der Waals surface area contributed by atoms with E-state index >= 15 is 0 Å². The molecule has 0 aliphatic carbocycles. The van der Waals surface area contributed by atoms with Gasteiger partial charge in [-0.25, -0.2) is 0 Å². The lowest BCUT2D eigenvalue weighted by Gasteiger charge is -2.39. The number of anilines is 1. The predicted octanol–water partition coefficient (Wildman–Crippen LogP) is 3.24. The van der Waals surface area contributed by atoms with Crippen LogP contribution >= 0.6 is 11.6 Å². The van der Waals surface area contributed by atoms with Crippen LogP contribution in [-0.2, 0) is 16.1 Å². The summed E-state index contributed by atoms with van der Waals surface area (Å²) in [5, 5.41) is 6.03. The maximum Gasteiger partial charge on any atom is 0.309 e. The number of piperazine rings is 1. The van der Waals surface area contributed by atoms with Crippen molar-refractivity contribution < 1.29 is 18.7 Å². The first-order valence-electron chi connectivity index (χ1n) is 11.5. The van der Waals surface area contributed by atoms with Crippen LogP contribution in [0.25, 0.3) is 0 Å². The Morgan fingerprint density at radius 2 is 1.66 bits per heavy atom. The van der Waals surface area contributed by atoms with Gasteiger partial charge in [0, 0.05) is 50.0 Å². The second kappa shape index (κ2) is 11.8. The number of rotatable bonds is 8. The van der Waals surface area contributed by atoms with E-state index in [1.54, 1.807) is 37.6 Å². The third-order valence-electron chi connectivity index (χ3n) is 6.09. The number of nitrogens with one attached hydrogen (secondary N) is 2. The van der Waals surface area contributed by atoms with Gasteiger partial charge in [0.1, 0.15) is 11.5 Å². The van der Waals surface area contributed by atoms with E-state index in [-0.39, 0.29) is 19.1 Å². The highest BCUT2D eigenvalue weighted by Crippen LogP contribution is 2.25. The molecule has 4 rings (SSSR count). The Morgan fingerprint density at radius 1 is 0.971 bits per heavy atom. The van der Waals surface area contributed by atoms with Crippen molar-refractivity contribution in [3.63, 3.8) is 0 Å². The Kier molecular flexibility index (Phi) is 8.28. The van der Waals surface area contributed by atoms with Crippen LogP contribution in [0.2, 0.25) is 5.02 Å². The molecule has 3 aromatic rings. The minimum absolute atomic E-state index is 0.170. The molecule has 1 atom stereocenters. The topological polar surface area (TPSA) is 87.0 Å². The lowest BCUT2D eigenvalue weighted by molar-refractivity contribution is -0.139. The molecule has 1 saturated heterocycles. The number of amides is 2. The Morgan fingerprint density at radius 3 is 2.29 bits per heavy atom. The first-order chi connectivity index (χ1) is 17.0. The highest BCUT2D eigenvalue weighted by atomic mass is 35.5. The number of furan rings is 1. The van der Waals surface area contributed by atoms with Crippen LogP contribution in [0.4, 0.5) is 5.69 Å². The zero-order valence-electron chi connectivity index (χ0n) is 19.6. The molecule has 35 heavy (non-hydrogen) atoms. The van der Waals surface area contributed by atoms with E-state index in [0.717, 1.165) is 48.9 Å². The molecule has 2 N–H and O–H groups in total. The first-order valence-corrected chi connectivity index (χ1v) is 11.9. The normalized spacial score (nSPS) is 14.9. The number of carbonyl (C=O) groups excluding carboxylic acids is 2. The van der Waals surface area contributed by atoms with Gasteiger partial charge in [0.05, 0.1) is 19.4 Å². The van der Waals surface area contributed by atoms with E-state index in [0.29, 0.717) is 5.02 Å².